The predicted octanol–water partition coefficient (Wildman–Crippen LogP) is 1.36. The zero-order valence-electron chi connectivity index (χ0n) is 20.4. The van der Waals surface area contributed by atoms with Crippen molar-refractivity contribution in [2.75, 3.05) is 29.6 Å². The van der Waals surface area contributed by atoms with Gasteiger partial charge < -0.3 is 26.3 Å². The molecule has 1 aromatic heterocycles. The number of benzene rings is 1. The van der Waals surface area contributed by atoms with Crippen molar-refractivity contribution in [2.24, 2.45) is 0 Å². The number of thioether (sulfide) groups is 2. The average molecular weight is 596 g/mol. The molecule has 0 aliphatic carbocycles. The van der Waals surface area contributed by atoms with Crippen LogP contribution < -0.4 is 26.0 Å². The molecule has 2 amide bonds. The van der Waals surface area contributed by atoms with Crippen LogP contribution in [0.5, 0.6) is 0 Å². The van der Waals surface area contributed by atoms with Crippen LogP contribution in [-0.4, -0.2) is 57.6 Å². The smallest absolute Gasteiger partial charge is 0.253 e. The topological polar surface area (TPSA) is 144 Å². The Morgan fingerprint density at radius 1 is 1.37 bits per heavy atom. The Morgan fingerprint density at radius 2 is 2.13 bits per heavy atom. The summed E-state index contributed by atoms with van der Waals surface area (Å²) in [7, 11) is 1.76. The Hall–Kier alpha value is -2.93. The van der Waals surface area contributed by atoms with Gasteiger partial charge in [0, 0.05) is 29.6 Å². The van der Waals surface area contributed by atoms with Gasteiger partial charge in [0.1, 0.15) is 11.4 Å². The molecule has 2 aromatic rings. The van der Waals surface area contributed by atoms with Gasteiger partial charge in [-0.3, -0.25) is 14.5 Å². The quantitative estimate of drug-likeness (QED) is 0.222. The summed E-state index contributed by atoms with van der Waals surface area (Å²) in [6, 6.07) is 5.81. The van der Waals surface area contributed by atoms with E-state index in [9.17, 15) is 19.5 Å². The number of β-lactam (4-membered cyclic amide) rings is 1. The zero-order chi connectivity index (χ0) is 27.6. The first-order valence-corrected chi connectivity index (χ1v) is 14.2. The molecule has 4 N–H and O–H groups in total. The number of allylic oxidation sites excluding steroid dienone is 2. The lowest BCUT2D eigenvalue weighted by Gasteiger charge is -2.50. The van der Waals surface area contributed by atoms with Gasteiger partial charge in [-0.05, 0) is 23.8 Å². The van der Waals surface area contributed by atoms with Crippen molar-refractivity contribution in [3.8, 4) is 0 Å². The Kier molecular flexibility index (Phi) is 8.76. The van der Waals surface area contributed by atoms with Crippen molar-refractivity contribution in [1.29, 1.82) is 0 Å². The summed E-state index contributed by atoms with van der Waals surface area (Å²) in [6.07, 6.45) is 3.45. The molecule has 4 rings (SSSR count). The highest BCUT2D eigenvalue weighted by Crippen LogP contribution is 2.40. The number of nitrogens with one attached hydrogen (secondary N) is 2. The van der Waals surface area contributed by atoms with Crippen molar-refractivity contribution in [3.05, 3.63) is 63.6 Å². The van der Waals surface area contributed by atoms with Crippen molar-refractivity contribution in [2.45, 2.75) is 29.8 Å². The molecule has 1 fully saturated rings. The number of carboxylic acids is 1. The molecule has 3 heterocycles. The first-order valence-electron chi connectivity index (χ1n) is 11.4. The lowest BCUT2D eigenvalue weighted by Crippen LogP contribution is -2.71. The number of nitrogens with zero attached hydrogens (tertiary/aromatic N) is 3. The summed E-state index contributed by atoms with van der Waals surface area (Å²) in [6.45, 7) is 2.21. The van der Waals surface area contributed by atoms with Gasteiger partial charge >= 0.3 is 0 Å². The van der Waals surface area contributed by atoms with Gasteiger partial charge in [-0.1, -0.05) is 40.3 Å². The van der Waals surface area contributed by atoms with Crippen LogP contribution in [0.15, 0.2) is 52.6 Å². The minimum Gasteiger partial charge on any atom is -0.543 e. The normalized spacial score (nSPS) is 18.8. The van der Waals surface area contributed by atoms with E-state index in [1.54, 1.807) is 43.5 Å². The van der Waals surface area contributed by atoms with Crippen LogP contribution in [0.4, 0.5) is 11.6 Å². The Bertz CT molecular complexity index is 1370. The molecule has 0 saturated carbocycles. The first-order chi connectivity index (χ1) is 18.1. The number of hydrogen-bond donors (Lipinski definition) is 3. The number of aromatic nitrogens is 2. The lowest BCUT2D eigenvalue weighted by molar-refractivity contribution is -0.682. The SMILES string of the molecule is CNc1cc(N)nc(C)[n+]1C/C=C/C1=C(C(=O)[O-])N2C(=O)[C@@H](NC(=O)CSc3cc(Cl)ccc3Cl)[C@H]2SC1. The number of carboxylic acid groups (broad SMARTS) is 1. The second-order valence-corrected chi connectivity index (χ2v) is 11.3. The molecule has 10 nitrogen and oxygen atoms in total. The largest absolute Gasteiger partial charge is 0.543 e. The molecule has 200 valence electrons. The van der Waals surface area contributed by atoms with Crippen molar-refractivity contribution >= 4 is 76.1 Å². The van der Waals surface area contributed by atoms with E-state index in [4.69, 9.17) is 28.9 Å². The third-order valence-electron chi connectivity index (χ3n) is 5.88. The maximum atomic E-state index is 12.9. The van der Waals surface area contributed by atoms with Gasteiger partial charge in [0.2, 0.25) is 23.4 Å². The van der Waals surface area contributed by atoms with Crippen molar-refractivity contribution in [3.63, 3.8) is 0 Å². The number of hydrogen-bond acceptors (Lipinski definition) is 9. The average Bonchev–Trinajstić information content (AvgIpc) is 2.88. The summed E-state index contributed by atoms with van der Waals surface area (Å²) in [4.78, 5) is 43.5. The number of anilines is 2. The summed E-state index contributed by atoms with van der Waals surface area (Å²) in [5.74, 6) is -0.171. The first kappa shape index (κ1) is 28.1. The molecule has 1 saturated heterocycles. The number of fused-ring (bicyclic) bond motifs is 1. The minimum absolute atomic E-state index is 0.0179. The molecular formula is C24H24Cl2N6O4S2. The minimum atomic E-state index is -1.45. The fraction of sp³-hybridized carbons (Fsp3) is 0.292. The molecule has 0 spiro atoms. The highest BCUT2D eigenvalue weighted by atomic mass is 35.5. The summed E-state index contributed by atoms with van der Waals surface area (Å²) in [5.41, 5.74) is 6.06. The summed E-state index contributed by atoms with van der Waals surface area (Å²) >= 11 is 14.7. The van der Waals surface area contributed by atoms with Gasteiger partial charge in [0.05, 0.1) is 35.1 Å². The standard InChI is InChI=1S/C24H24Cl2N6O4S2/c1-12-29-17(27)9-18(28-2)31(12)7-3-4-13-10-38-23-20(22(34)32(23)21(13)24(35)36)30-19(33)11-37-16-8-14(25)5-6-15(16)26/h3-6,8-9,20,23H,7,10-11H2,1-2H3,(H4,27,28,30,33,35,36)/b4-3+/t20-,23-/m1/s1. The number of nitrogens with two attached hydrogens (primary N) is 1. The number of halogens is 2. The molecule has 0 radical (unpaired) electrons. The number of rotatable bonds is 9. The lowest BCUT2D eigenvalue weighted by atomic mass is 10.0. The van der Waals surface area contributed by atoms with E-state index < -0.39 is 23.3 Å². The maximum absolute atomic E-state index is 12.9. The number of nitrogen functional groups attached to an aromatic ring is 1. The third-order valence-corrected chi connectivity index (χ3v) is 8.91. The van der Waals surface area contributed by atoms with Crippen LogP contribution in [0.2, 0.25) is 10.0 Å². The molecule has 38 heavy (non-hydrogen) atoms. The summed E-state index contributed by atoms with van der Waals surface area (Å²) < 4.78 is 1.87. The fourth-order valence-corrected chi connectivity index (χ4v) is 6.74. The van der Waals surface area contributed by atoms with E-state index >= 15 is 0 Å². The maximum Gasteiger partial charge on any atom is 0.253 e. The second-order valence-electron chi connectivity index (χ2n) is 8.36. The van der Waals surface area contributed by atoms with Gasteiger partial charge in [-0.15, -0.1) is 23.5 Å². The summed E-state index contributed by atoms with van der Waals surface area (Å²) in [5, 5.41) is 18.2. The van der Waals surface area contributed by atoms with E-state index in [0.717, 1.165) is 5.82 Å². The Balaban J connectivity index is 1.43. The Labute approximate surface area is 237 Å². The highest BCUT2D eigenvalue weighted by molar-refractivity contribution is 8.00. The van der Waals surface area contributed by atoms with Crippen LogP contribution in [0.25, 0.3) is 0 Å². The van der Waals surface area contributed by atoms with Gasteiger partial charge in [-0.25, -0.2) is 4.57 Å². The second kappa shape index (κ2) is 11.9. The molecule has 0 bridgehead atoms. The third kappa shape index (κ3) is 5.88. The van der Waals surface area contributed by atoms with Crippen molar-refractivity contribution < 1.29 is 24.1 Å². The Morgan fingerprint density at radius 3 is 2.84 bits per heavy atom. The van der Waals surface area contributed by atoms with Gasteiger partial charge in [-0.2, -0.15) is 0 Å². The molecule has 1 aromatic carbocycles. The van der Waals surface area contributed by atoms with Crippen molar-refractivity contribution in [1.82, 2.24) is 15.2 Å². The fourth-order valence-electron chi connectivity index (χ4n) is 4.12. The molecule has 2 aliphatic heterocycles. The highest BCUT2D eigenvalue weighted by Gasteiger charge is 2.52. The predicted molar refractivity (Wildman–Crippen MR) is 147 cm³/mol. The molecule has 2 atom stereocenters. The number of carbonyl (C=O) groups is 3. The van der Waals surface area contributed by atoms with Crippen LogP contribution in [0, 0.1) is 6.92 Å². The van der Waals surface area contributed by atoms with Gasteiger partial charge in [0.15, 0.2) is 0 Å². The van der Waals surface area contributed by atoms with E-state index in [1.165, 1.54) is 28.4 Å². The number of aliphatic carboxylic acids is 1. The number of carbonyl (C=O) groups excluding carboxylic acids is 3. The van der Waals surface area contributed by atoms with Crippen LogP contribution in [0.3, 0.4) is 0 Å². The molecule has 14 heteroatoms. The monoisotopic (exact) mass is 594 g/mol. The van der Waals surface area contributed by atoms with E-state index in [1.807, 2.05) is 11.5 Å². The molecule has 0 unspecified atom stereocenters. The van der Waals surface area contributed by atoms with Crippen LogP contribution in [0.1, 0.15) is 5.82 Å². The van der Waals surface area contributed by atoms with E-state index in [-0.39, 0.29) is 17.4 Å². The van der Waals surface area contributed by atoms with Gasteiger partial charge in [0.25, 0.3) is 5.91 Å². The van der Waals surface area contributed by atoms with E-state index in [2.05, 4.69) is 15.6 Å². The number of amides is 2. The zero-order valence-corrected chi connectivity index (χ0v) is 23.5. The molecule has 2 aliphatic rings. The van der Waals surface area contributed by atoms with Crippen LogP contribution >= 0.6 is 46.7 Å². The van der Waals surface area contributed by atoms with Crippen LogP contribution in [-0.2, 0) is 20.9 Å². The molecular weight excluding hydrogens is 571 g/mol. The van der Waals surface area contributed by atoms with E-state index in [0.29, 0.717) is 44.5 Å². The number of aryl methyl sites for hydroxylation is 1.